The number of carbonyl (C=O) groups is 2. The van der Waals surface area contributed by atoms with Crippen LogP contribution >= 0.6 is 0 Å². The highest BCUT2D eigenvalue weighted by molar-refractivity contribution is 5.77. The average Bonchev–Trinajstić information content (AvgIpc) is 2.14. The number of carboxylic acid groups (broad SMARTS) is 2. The van der Waals surface area contributed by atoms with E-state index in [-0.39, 0.29) is 5.92 Å². The van der Waals surface area contributed by atoms with Crippen molar-refractivity contribution in [3.8, 4) is 0 Å². The summed E-state index contributed by atoms with van der Waals surface area (Å²) >= 11 is 0. The van der Waals surface area contributed by atoms with Crippen molar-refractivity contribution in [3.05, 3.63) is 0 Å². The Kier molecular flexibility index (Phi) is 6.72. The fraction of sp³-hybridized carbons (Fsp3) is 0.818. The van der Waals surface area contributed by atoms with Crippen LogP contribution in [0.3, 0.4) is 0 Å². The zero-order valence-electron chi connectivity index (χ0n) is 10.1. The summed E-state index contributed by atoms with van der Waals surface area (Å²) in [5.41, 5.74) is 0. The highest BCUT2D eigenvalue weighted by Gasteiger charge is 2.25. The van der Waals surface area contributed by atoms with Gasteiger partial charge in [-0.25, -0.2) is 0 Å². The lowest BCUT2D eigenvalue weighted by atomic mass is 10.0. The molecule has 0 amide bonds. The van der Waals surface area contributed by atoms with Crippen molar-refractivity contribution < 1.29 is 19.8 Å². The second-order valence-electron chi connectivity index (χ2n) is 4.37. The maximum absolute atomic E-state index is 10.9. The molecule has 5 heteroatoms. The normalized spacial score (nSPS) is 14.8. The predicted molar refractivity (Wildman–Crippen MR) is 60.3 cm³/mol. The molecule has 0 aliphatic heterocycles. The molecule has 0 heterocycles. The minimum atomic E-state index is -0.990. The van der Waals surface area contributed by atoms with Crippen molar-refractivity contribution in [2.45, 2.75) is 52.1 Å². The van der Waals surface area contributed by atoms with Crippen LogP contribution < -0.4 is 5.32 Å². The first-order chi connectivity index (χ1) is 7.38. The summed E-state index contributed by atoms with van der Waals surface area (Å²) in [4.78, 5) is 21.8. The van der Waals surface area contributed by atoms with Gasteiger partial charge in [0.2, 0.25) is 0 Å². The van der Waals surface area contributed by atoms with E-state index < -0.39 is 24.0 Å². The van der Waals surface area contributed by atoms with Crippen LogP contribution in [0.5, 0.6) is 0 Å². The van der Waals surface area contributed by atoms with Gasteiger partial charge in [0, 0.05) is 0 Å². The second kappa shape index (κ2) is 7.22. The third-order valence-corrected chi connectivity index (χ3v) is 2.28. The van der Waals surface area contributed by atoms with Crippen LogP contribution in [-0.4, -0.2) is 34.2 Å². The molecule has 0 aromatic carbocycles. The third-order valence-electron chi connectivity index (χ3n) is 2.28. The Bertz CT molecular complexity index is 240. The molecule has 0 aliphatic carbocycles. The van der Waals surface area contributed by atoms with Crippen LogP contribution in [0.25, 0.3) is 0 Å². The lowest BCUT2D eigenvalue weighted by molar-refractivity contribution is -0.143. The molecule has 3 N–H and O–H groups in total. The standard InChI is InChI=1S/C11H21NO4/c1-4-5-8(10(13)14)12-9(11(15)16)6-7(2)3/h7-9,12H,4-6H2,1-3H3,(H,13,14)(H,15,16). The minimum absolute atomic E-state index is 0.213. The van der Waals surface area contributed by atoms with E-state index in [4.69, 9.17) is 10.2 Å². The summed E-state index contributed by atoms with van der Waals surface area (Å²) in [5.74, 6) is -1.77. The molecule has 0 aromatic heterocycles. The third kappa shape index (κ3) is 5.70. The highest BCUT2D eigenvalue weighted by Crippen LogP contribution is 2.08. The maximum atomic E-state index is 10.9. The monoisotopic (exact) mass is 231 g/mol. The van der Waals surface area contributed by atoms with Crippen LogP contribution in [0, 0.1) is 5.92 Å². The first kappa shape index (κ1) is 14.9. The SMILES string of the molecule is CCCC(NC(CC(C)C)C(=O)O)C(=O)O. The van der Waals surface area contributed by atoms with Crippen molar-refractivity contribution in [2.75, 3.05) is 0 Å². The largest absolute Gasteiger partial charge is 0.480 e. The van der Waals surface area contributed by atoms with E-state index in [1.54, 1.807) is 0 Å². The minimum Gasteiger partial charge on any atom is -0.480 e. The number of hydrogen-bond acceptors (Lipinski definition) is 3. The van der Waals surface area contributed by atoms with Gasteiger partial charge in [0.1, 0.15) is 12.1 Å². The van der Waals surface area contributed by atoms with E-state index in [9.17, 15) is 9.59 Å². The number of carboxylic acids is 2. The fourth-order valence-corrected chi connectivity index (χ4v) is 1.52. The molecule has 0 rings (SSSR count). The molecule has 0 saturated heterocycles. The molecule has 94 valence electrons. The van der Waals surface area contributed by atoms with Gasteiger partial charge >= 0.3 is 11.9 Å². The number of rotatable bonds is 8. The smallest absolute Gasteiger partial charge is 0.320 e. The Balaban J connectivity index is 4.44. The second-order valence-corrected chi connectivity index (χ2v) is 4.37. The first-order valence-corrected chi connectivity index (χ1v) is 5.60. The Morgan fingerprint density at radius 1 is 1.12 bits per heavy atom. The van der Waals surface area contributed by atoms with E-state index >= 15 is 0 Å². The molecular formula is C11H21NO4. The number of hydrogen-bond donors (Lipinski definition) is 3. The summed E-state index contributed by atoms with van der Waals surface area (Å²) in [6.45, 7) is 5.69. The van der Waals surface area contributed by atoms with Crippen molar-refractivity contribution >= 4 is 11.9 Å². The van der Waals surface area contributed by atoms with Crippen LogP contribution in [0.2, 0.25) is 0 Å². The van der Waals surface area contributed by atoms with Crippen molar-refractivity contribution in [1.29, 1.82) is 0 Å². The number of nitrogens with one attached hydrogen (secondary N) is 1. The van der Waals surface area contributed by atoms with Crippen LogP contribution in [0.15, 0.2) is 0 Å². The molecule has 0 fully saturated rings. The Labute approximate surface area is 95.9 Å². The molecule has 0 saturated carbocycles. The highest BCUT2D eigenvalue weighted by atomic mass is 16.4. The molecule has 0 bridgehead atoms. The van der Waals surface area contributed by atoms with E-state index in [0.717, 1.165) is 0 Å². The van der Waals surface area contributed by atoms with Gasteiger partial charge in [-0.05, 0) is 18.8 Å². The van der Waals surface area contributed by atoms with Gasteiger partial charge < -0.3 is 10.2 Å². The Morgan fingerprint density at radius 3 is 1.94 bits per heavy atom. The van der Waals surface area contributed by atoms with E-state index in [1.807, 2.05) is 20.8 Å². The Morgan fingerprint density at radius 2 is 1.62 bits per heavy atom. The van der Waals surface area contributed by atoms with Gasteiger partial charge in [-0.3, -0.25) is 14.9 Å². The molecule has 2 unspecified atom stereocenters. The molecule has 16 heavy (non-hydrogen) atoms. The van der Waals surface area contributed by atoms with Gasteiger partial charge in [0.15, 0.2) is 0 Å². The van der Waals surface area contributed by atoms with Gasteiger partial charge in [-0.2, -0.15) is 0 Å². The van der Waals surface area contributed by atoms with Crippen molar-refractivity contribution in [2.24, 2.45) is 5.92 Å². The summed E-state index contributed by atoms with van der Waals surface area (Å²) in [7, 11) is 0. The molecule has 0 aliphatic rings. The summed E-state index contributed by atoms with van der Waals surface area (Å²) in [6.07, 6.45) is 1.58. The average molecular weight is 231 g/mol. The van der Waals surface area contributed by atoms with Crippen LogP contribution in [-0.2, 0) is 9.59 Å². The molecule has 5 nitrogen and oxygen atoms in total. The lowest BCUT2D eigenvalue weighted by Gasteiger charge is -2.21. The molecular weight excluding hydrogens is 210 g/mol. The van der Waals surface area contributed by atoms with Gasteiger partial charge in [-0.15, -0.1) is 0 Å². The van der Waals surface area contributed by atoms with E-state index in [1.165, 1.54) is 0 Å². The predicted octanol–water partition coefficient (Wildman–Crippen LogP) is 1.33. The fourth-order valence-electron chi connectivity index (χ4n) is 1.52. The topological polar surface area (TPSA) is 86.6 Å². The number of aliphatic carboxylic acids is 2. The van der Waals surface area contributed by atoms with E-state index in [0.29, 0.717) is 19.3 Å². The maximum Gasteiger partial charge on any atom is 0.320 e. The zero-order chi connectivity index (χ0) is 12.7. The Hall–Kier alpha value is -1.10. The molecule has 0 spiro atoms. The molecule has 0 aromatic rings. The van der Waals surface area contributed by atoms with Gasteiger partial charge in [0.05, 0.1) is 0 Å². The quantitative estimate of drug-likeness (QED) is 0.586. The lowest BCUT2D eigenvalue weighted by Crippen LogP contribution is -2.47. The van der Waals surface area contributed by atoms with E-state index in [2.05, 4.69) is 5.32 Å². The van der Waals surface area contributed by atoms with Crippen molar-refractivity contribution in [3.63, 3.8) is 0 Å². The summed E-state index contributed by atoms with van der Waals surface area (Å²) < 4.78 is 0. The van der Waals surface area contributed by atoms with Crippen molar-refractivity contribution in [1.82, 2.24) is 5.32 Å². The first-order valence-electron chi connectivity index (χ1n) is 5.60. The summed E-state index contributed by atoms with van der Waals surface area (Å²) in [5, 5.41) is 20.6. The summed E-state index contributed by atoms with van der Waals surface area (Å²) in [6, 6.07) is -1.56. The van der Waals surface area contributed by atoms with Gasteiger partial charge in [-0.1, -0.05) is 27.2 Å². The molecule has 2 atom stereocenters. The van der Waals surface area contributed by atoms with Crippen LogP contribution in [0.1, 0.15) is 40.0 Å². The zero-order valence-corrected chi connectivity index (χ0v) is 10.1. The van der Waals surface area contributed by atoms with Gasteiger partial charge in [0.25, 0.3) is 0 Å². The van der Waals surface area contributed by atoms with Crippen LogP contribution in [0.4, 0.5) is 0 Å². The molecule has 0 radical (unpaired) electrons.